The van der Waals surface area contributed by atoms with Gasteiger partial charge < -0.3 is 15.4 Å². The molecule has 21 heavy (non-hydrogen) atoms. The van der Waals surface area contributed by atoms with Crippen molar-refractivity contribution < 1.29 is 9.53 Å². The van der Waals surface area contributed by atoms with Gasteiger partial charge in [-0.05, 0) is 31.4 Å². The maximum atomic E-state index is 11.9. The summed E-state index contributed by atoms with van der Waals surface area (Å²) in [5.74, 6) is 0.734. The fourth-order valence-electron chi connectivity index (χ4n) is 2.34. The summed E-state index contributed by atoms with van der Waals surface area (Å²) >= 11 is 0. The molecule has 1 amide bonds. The summed E-state index contributed by atoms with van der Waals surface area (Å²) in [7, 11) is 0. The van der Waals surface area contributed by atoms with Crippen LogP contribution in [-0.4, -0.2) is 36.7 Å². The van der Waals surface area contributed by atoms with Crippen molar-refractivity contribution in [1.29, 1.82) is 0 Å². The van der Waals surface area contributed by atoms with Crippen LogP contribution in [-0.2, 0) is 4.74 Å². The average molecular weight is 291 g/mol. The van der Waals surface area contributed by atoms with E-state index in [-0.39, 0.29) is 12.0 Å². The molecule has 1 fully saturated rings. The standard InChI is InChI=1S/C16H25N3O2/c1-2-3-4-9-17-16(20)13-7-8-15(18-11-13)19-12-14-6-5-10-21-14/h7-8,11,14H,2-6,9-10,12H2,1H3,(H,17,20)(H,18,19). The van der Waals surface area contributed by atoms with Crippen molar-refractivity contribution in [3.8, 4) is 0 Å². The third kappa shape index (κ3) is 5.34. The van der Waals surface area contributed by atoms with Crippen molar-refractivity contribution in [3.05, 3.63) is 23.9 Å². The van der Waals surface area contributed by atoms with Gasteiger partial charge in [0.2, 0.25) is 0 Å². The molecule has 0 aromatic carbocycles. The van der Waals surface area contributed by atoms with E-state index in [2.05, 4.69) is 22.5 Å². The third-order valence-corrected chi connectivity index (χ3v) is 3.63. The zero-order chi connectivity index (χ0) is 14.9. The second-order valence-electron chi connectivity index (χ2n) is 5.41. The van der Waals surface area contributed by atoms with Gasteiger partial charge in [-0.3, -0.25) is 4.79 Å². The zero-order valence-corrected chi connectivity index (χ0v) is 12.7. The number of carbonyl (C=O) groups excluding carboxylic acids is 1. The van der Waals surface area contributed by atoms with Crippen LogP contribution in [0.3, 0.4) is 0 Å². The molecule has 0 aliphatic carbocycles. The van der Waals surface area contributed by atoms with Crippen LogP contribution in [0.25, 0.3) is 0 Å². The van der Waals surface area contributed by atoms with Gasteiger partial charge in [0.15, 0.2) is 0 Å². The van der Waals surface area contributed by atoms with E-state index >= 15 is 0 Å². The Hall–Kier alpha value is -1.62. The Balaban J connectivity index is 1.73. The number of ether oxygens (including phenoxy) is 1. The molecule has 2 rings (SSSR count). The van der Waals surface area contributed by atoms with Crippen LogP contribution in [0.5, 0.6) is 0 Å². The van der Waals surface area contributed by atoms with Crippen molar-refractivity contribution in [1.82, 2.24) is 10.3 Å². The molecule has 1 aromatic heterocycles. The molecule has 116 valence electrons. The average Bonchev–Trinajstić information content (AvgIpc) is 3.03. The minimum atomic E-state index is -0.0516. The van der Waals surface area contributed by atoms with Gasteiger partial charge in [-0.1, -0.05) is 19.8 Å². The highest BCUT2D eigenvalue weighted by Crippen LogP contribution is 2.13. The number of hydrogen-bond donors (Lipinski definition) is 2. The topological polar surface area (TPSA) is 63.2 Å². The Morgan fingerprint density at radius 1 is 1.43 bits per heavy atom. The second-order valence-corrected chi connectivity index (χ2v) is 5.41. The second kappa shape index (κ2) is 8.62. The number of unbranched alkanes of at least 4 members (excludes halogenated alkanes) is 2. The van der Waals surface area contributed by atoms with Crippen LogP contribution in [0, 0.1) is 0 Å². The maximum Gasteiger partial charge on any atom is 0.252 e. The summed E-state index contributed by atoms with van der Waals surface area (Å²) in [5.41, 5.74) is 0.606. The normalized spacial score (nSPS) is 17.7. The van der Waals surface area contributed by atoms with Crippen LogP contribution >= 0.6 is 0 Å². The van der Waals surface area contributed by atoms with Gasteiger partial charge in [0, 0.05) is 25.9 Å². The van der Waals surface area contributed by atoms with Crippen LogP contribution in [0.15, 0.2) is 18.3 Å². The van der Waals surface area contributed by atoms with E-state index in [0.29, 0.717) is 5.56 Å². The van der Waals surface area contributed by atoms with Crippen molar-refractivity contribution in [2.24, 2.45) is 0 Å². The fraction of sp³-hybridized carbons (Fsp3) is 0.625. The Kier molecular flexibility index (Phi) is 6.47. The molecule has 1 aliphatic heterocycles. The van der Waals surface area contributed by atoms with E-state index in [1.54, 1.807) is 12.3 Å². The largest absolute Gasteiger partial charge is 0.376 e. The number of rotatable bonds is 8. The van der Waals surface area contributed by atoms with Gasteiger partial charge in [0.1, 0.15) is 5.82 Å². The molecule has 2 N–H and O–H groups in total. The molecule has 1 unspecified atom stereocenters. The Morgan fingerprint density at radius 3 is 3.00 bits per heavy atom. The van der Waals surface area contributed by atoms with Crippen LogP contribution < -0.4 is 10.6 Å². The molecule has 1 aliphatic rings. The molecule has 0 bridgehead atoms. The summed E-state index contributed by atoms with van der Waals surface area (Å²) in [6, 6.07) is 3.65. The highest BCUT2D eigenvalue weighted by atomic mass is 16.5. The van der Waals surface area contributed by atoms with Crippen LogP contribution in [0.1, 0.15) is 49.4 Å². The number of anilines is 1. The number of hydrogen-bond acceptors (Lipinski definition) is 4. The monoisotopic (exact) mass is 291 g/mol. The quantitative estimate of drug-likeness (QED) is 0.723. The molecule has 5 heteroatoms. The van der Waals surface area contributed by atoms with E-state index in [1.807, 2.05) is 6.07 Å². The predicted molar refractivity (Wildman–Crippen MR) is 83.6 cm³/mol. The number of nitrogens with one attached hydrogen (secondary N) is 2. The van der Waals surface area contributed by atoms with Gasteiger partial charge in [0.25, 0.3) is 5.91 Å². The van der Waals surface area contributed by atoms with Gasteiger partial charge in [-0.25, -0.2) is 4.98 Å². The van der Waals surface area contributed by atoms with Gasteiger partial charge in [-0.15, -0.1) is 0 Å². The smallest absolute Gasteiger partial charge is 0.252 e. The first-order valence-corrected chi connectivity index (χ1v) is 7.89. The van der Waals surface area contributed by atoms with Crippen molar-refractivity contribution >= 4 is 11.7 Å². The number of carbonyl (C=O) groups is 1. The summed E-state index contributed by atoms with van der Waals surface area (Å²) < 4.78 is 5.55. The Bertz CT molecular complexity index is 428. The van der Waals surface area contributed by atoms with Crippen LogP contribution in [0.2, 0.25) is 0 Å². The maximum absolute atomic E-state index is 11.9. The van der Waals surface area contributed by atoms with E-state index < -0.39 is 0 Å². The number of pyridine rings is 1. The SMILES string of the molecule is CCCCCNC(=O)c1ccc(NCC2CCCO2)nc1. The molecular weight excluding hydrogens is 266 g/mol. The van der Waals surface area contributed by atoms with E-state index in [0.717, 1.165) is 57.6 Å². The van der Waals surface area contributed by atoms with Crippen molar-refractivity contribution in [3.63, 3.8) is 0 Å². The van der Waals surface area contributed by atoms with Crippen molar-refractivity contribution in [2.45, 2.75) is 45.1 Å². The van der Waals surface area contributed by atoms with E-state index in [9.17, 15) is 4.79 Å². The van der Waals surface area contributed by atoms with Gasteiger partial charge >= 0.3 is 0 Å². The molecule has 0 spiro atoms. The van der Waals surface area contributed by atoms with Crippen LogP contribution in [0.4, 0.5) is 5.82 Å². The Morgan fingerprint density at radius 2 is 2.33 bits per heavy atom. The van der Waals surface area contributed by atoms with Gasteiger partial charge in [0.05, 0.1) is 11.7 Å². The highest BCUT2D eigenvalue weighted by Gasteiger charge is 2.15. The number of nitrogens with zero attached hydrogens (tertiary/aromatic N) is 1. The molecule has 2 heterocycles. The molecule has 1 aromatic rings. The lowest BCUT2D eigenvalue weighted by atomic mass is 10.2. The Labute approximate surface area is 126 Å². The first kappa shape index (κ1) is 15.8. The summed E-state index contributed by atoms with van der Waals surface area (Å²) in [6.07, 6.45) is 7.47. The molecule has 0 radical (unpaired) electrons. The molecule has 5 nitrogen and oxygen atoms in total. The molecular formula is C16H25N3O2. The number of aromatic nitrogens is 1. The molecule has 1 saturated heterocycles. The predicted octanol–water partition coefficient (Wildman–Crippen LogP) is 2.59. The zero-order valence-electron chi connectivity index (χ0n) is 12.7. The minimum Gasteiger partial charge on any atom is -0.376 e. The highest BCUT2D eigenvalue weighted by molar-refractivity contribution is 5.93. The summed E-state index contributed by atoms with van der Waals surface area (Å²) in [5, 5.41) is 6.16. The minimum absolute atomic E-state index is 0.0516. The lowest BCUT2D eigenvalue weighted by Crippen LogP contribution is -2.24. The lowest BCUT2D eigenvalue weighted by Gasteiger charge is -2.11. The first-order valence-electron chi connectivity index (χ1n) is 7.89. The van der Waals surface area contributed by atoms with Crippen molar-refractivity contribution in [2.75, 3.05) is 25.0 Å². The third-order valence-electron chi connectivity index (χ3n) is 3.63. The van der Waals surface area contributed by atoms with E-state index in [1.165, 1.54) is 0 Å². The summed E-state index contributed by atoms with van der Waals surface area (Å²) in [6.45, 7) is 4.51. The number of amides is 1. The molecule has 0 saturated carbocycles. The van der Waals surface area contributed by atoms with Gasteiger partial charge in [-0.2, -0.15) is 0 Å². The fourth-order valence-corrected chi connectivity index (χ4v) is 2.34. The van der Waals surface area contributed by atoms with E-state index in [4.69, 9.17) is 4.74 Å². The lowest BCUT2D eigenvalue weighted by molar-refractivity contribution is 0.0952. The molecule has 1 atom stereocenters. The summed E-state index contributed by atoms with van der Waals surface area (Å²) in [4.78, 5) is 16.2. The first-order chi connectivity index (χ1) is 10.3.